The maximum absolute atomic E-state index is 11.3. The maximum Gasteiger partial charge on any atom is 0.338 e. The molecule has 4 heteroatoms. The summed E-state index contributed by atoms with van der Waals surface area (Å²) in [5.41, 5.74) is 0.301. The van der Waals surface area contributed by atoms with E-state index in [2.05, 4.69) is 4.74 Å². The molecule has 82 valence electrons. The van der Waals surface area contributed by atoms with Gasteiger partial charge in [0.05, 0.1) is 17.7 Å². The molecular weight excluding hydrogens is 228 g/mol. The highest BCUT2D eigenvalue weighted by molar-refractivity contribution is 6.36. The normalized spacial score (nSPS) is 10.4. The van der Waals surface area contributed by atoms with Gasteiger partial charge < -0.3 is 9.84 Å². The molecule has 0 saturated carbocycles. The predicted octanol–water partition coefficient (Wildman–Crippen LogP) is 2.99. The number of hydrogen-bond donors (Lipinski definition) is 1. The number of carbonyl (C=O) groups is 1. The molecule has 0 atom stereocenters. The molecule has 2 aromatic rings. The first-order valence-electron chi connectivity index (χ1n) is 4.63. The SMILES string of the molecule is COC(=O)c1cc(O)c2c(Cl)cccc2c1. The van der Waals surface area contributed by atoms with Crippen LogP contribution in [0.3, 0.4) is 0 Å². The van der Waals surface area contributed by atoms with Gasteiger partial charge >= 0.3 is 5.97 Å². The molecule has 0 fully saturated rings. The molecule has 0 aliphatic carbocycles. The third-order valence-corrected chi connectivity index (χ3v) is 2.64. The fraction of sp³-hybridized carbons (Fsp3) is 0.0833. The lowest BCUT2D eigenvalue weighted by atomic mass is 10.1. The molecule has 0 unspecified atom stereocenters. The Hall–Kier alpha value is -1.74. The number of esters is 1. The van der Waals surface area contributed by atoms with E-state index in [1.165, 1.54) is 13.2 Å². The molecule has 3 nitrogen and oxygen atoms in total. The van der Waals surface area contributed by atoms with Crippen molar-refractivity contribution in [2.75, 3.05) is 7.11 Å². The van der Waals surface area contributed by atoms with Crippen molar-refractivity contribution in [3.8, 4) is 5.75 Å². The van der Waals surface area contributed by atoms with Crippen LogP contribution in [0.1, 0.15) is 10.4 Å². The molecule has 0 radical (unpaired) electrons. The average molecular weight is 237 g/mol. The van der Waals surface area contributed by atoms with Crippen LogP contribution in [0.25, 0.3) is 10.8 Å². The zero-order valence-corrected chi connectivity index (χ0v) is 9.28. The number of carbonyl (C=O) groups excluding carboxylic acids is 1. The van der Waals surface area contributed by atoms with E-state index in [9.17, 15) is 9.90 Å². The van der Waals surface area contributed by atoms with Gasteiger partial charge in [0.2, 0.25) is 0 Å². The molecule has 2 aromatic carbocycles. The topological polar surface area (TPSA) is 46.5 Å². The standard InChI is InChI=1S/C12H9ClO3/c1-16-12(15)8-5-7-3-2-4-9(13)11(7)10(14)6-8/h2-6,14H,1H3. The van der Waals surface area contributed by atoms with Gasteiger partial charge in [0.1, 0.15) is 5.75 Å². The Morgan fingerprint density at radius 3 is 2.81 bits per heavy atom. The zero-order valence-electron chi connectivity index (χ0n) is 8.53. The van der Waals surface area contributed by atoms with Crippen LogP contribution in [-0.2, 0) is 4.74 Å². The zero-order chi connectivity index (χ0) is 11.7. The summed E-state index contributed by atoms with van der Waals surface area (Å²) in [6.45, 7) is 0. The first kappa shape index (κ1) is 10.8. The number of methoxy groups -OCH3 is 1. The second-order valence-corrected chi connectivity index (χ2v) is 3.73. The Bertz CT molecular complexity index is 563. The number of aromatic hydroxyl groups is 1. The second kappa shape index (κ2) is 4.02. The number of fused-ring (bicyclic) bond motifs is 1. The molecule has 0 amide bonds. The Kier molecular flexibility index (Phi) is 2.71. The summed E-state index contributed by atoms with van der Waals surface area (Å²) < 4.78 is 4.59. The van der Waals surface area contributed by atoms with E-state index in [4.69, 9.17) is 11.6 Å². The summed E-state index contributed by atoms with van der Waals surface area (Å²) in [5, 5.41) is 11.5. The van der Waals surface area contributed by atoms with E-state index < -0.39 is 5.97 Å². The van der Waals surface area contributed by atoms with Crippen LogP contribution in [0.5, 0.6) is 5.75 Å². The van der Waals surface area contributed by atoms with Crippen molar-refractivity contribution in [3.63, 3.8) is 0 Å². The number of phenolic OH excluding ortho intramolecular Hbond substituents is 1. The Morgan fingerprint density at radius 2 is 2.12 bits per heavy atom. The minimum absolute atomic E-state index is 0.0245. The minimum Gasteiger partial charge on any atom is -0.507 e. The summed E-state index contributed by atoms with van der Waals surface area (Å²) >= 11 is 5.95. The van der Waals surface area contributed by atoms with Crippen LogP contribution < -0.4 is 0 Å². The fourth-order valence-electron chi connectivity index (χ4n) is 1.60. The van der Waals surface area contributed by atoms with Gasteiger partial charge in [-0.05, 0) is 23.6 Å². The van der Waals surface area contributed by atoms with Gasteiger partial charge in [0.25, 0.3) is 0 Å². The third-order valence-electron chi connectivity index (χ3n) is 2.33. The van der Waals surface area contributed by atoms with E-state index in [1.54, 1.807) is 24.3 Å². The van der Waals surface area contributed by atoms with Crippen molar-refractivity contribution < 1.29 is 14.6 Å². The molecule has 16 heavy (non-hydrogen) atoms. The Balaban J connectivity index is 2.73. The van der Waals surface area contributed by atoms with E-state index >= 15 is 0 Å². The summed E-state index contributed by atoms with van der Waals surface area (Å²) in [5.74, 6) is -0.513. The summed E-state index contributed by atoms with van der Waals surface area (Å²) in [7, 11) is 1.29. The van der Waals surface area contributed by atoms with Gasteiger partial charge in [0, 0.05) is 5.39 Å². The van der Waals surface area contributed by atoms with Crippen LogP contribution in [0.4, 0.5) is 0 Å². The number of benzene rings is 2. The lowest BCUT2D eigenvalue weighted by Gasteiger charge is -2.06. The van der Waals surface area contributed by atoms with Gasteiger partial charge in [-0.15, -0.1) is 0 Å². The lowest BCUT2D eigenvalue weighted by Crippen LogP contribution is -2.00. The maximum atomic E-state index is 11.3. The number of ether oxygens (including phenoxy) is 1. The monoisotopic (exact) mass is 236 g/mol. The van der Waals surface area contributed by atoms with Crippen molar-refractivity contribution in [3.05, 3.63) is 40.9 Å². The Labute approximate surface area is 97.2 Å². The first-order chi connectivity index (χ1) is 7.63. The quantitative estimate of drug-likeness (QED) is 0.775. The number of rotatable bonds is 1. The van der Waals surface area contributed by atoms with Crippen LogP contribution >= 0.6 is 11.6 Å². The van der Waals surface area contributed by atoms with Gasteiger partial charge in [-0.1, -0.05) is 23.7 Å². The average Bonchev–Trinajstić information content (AvgIpc) is 2.27. The van der Waals surface area contributed by atoms with E-state index in [1.807, 2.05) is 0 Å². The summed E-state index contributed by atoms with van der Waals surface area (Å²) in [4.78, 5) is 11.3. The highest BCUT2D eigenvalue weighted by Gasteiger charge is 2.11. The van der Waals surface area contributed by atoms with Gasteiger partial charge in [-0.3, -0.25) is 0 Å². The molecule has 0 bridgehead atoms. The lowest BCUT2D eigenvalue weighted by molar-refractivity contribution is 0.0600. The van der Waals surface area contributed by atoms with Crippen molar-refractivity contribution >= 4 is 28.3 Å². The molecule has 1 N–H and O–H groups in total. The van der Waals surface area contributed by atoms with Crippen molar-refractivity contribution in [1.29, 1.82) is 0 Å². The van der Waals surface area contributed by atoms with Crippen LogP contribution in [0, 0.1) is 0 Å². The summed E-state index contributed by atoms with van der Waals surface area (Å²) in [6.07, 6.45) is 0. The molecule has 2 rings (SSSR count). The predicted molar refractivity (Wildman–Crippen MR) is 62.0 cm³/mol. The molecule has 0 aromatic heterocycles. The number of halogens is 1. The van der Waals surface area contributed by atoms with Gasteiger partial charge in [-0.25, -0.2) is 4.79 Å². The second-order valence-electron chi connectivity index (χ2n) is 3.32. The largest absolute Gasteiger partial charge is 0.507 e. The van der Waals surface area contributed by atoms with Gasteiger partial charge in [0.15, 0.2) is 0 Å². The Morgan fingerprint density at radius 1 is 1.38 bits per heavy atom. The highest BCUT2D eigenvalue weighted by Crippen LogP contribution is 2.32. The molecular formula is C12H9ClO3. The van der Waals surface area contributed by atoms with Crippen LogP contribution in [0.2, 0.25) is 5.02 Å². The molecule has 0 heterocycles. The molecule has 0 saturated heterocycles. The first-order valence-corrected chi connectivity index (χ1v) is 5.01. The fourth-order valence-corrected chi connectivity index (χ4v) is 1.87. The van der Waals surface area contributed by atoms with E-state index in [-0.39, 0.29) is 5.75 Å². The molecule has 0 aliphatic heterocycles. The van der Waals surface area contributed by atoms with Crippen molar-refractivity contribution in [1.82, 2.24) is 0 Å². The summed E-state index contributed by atoms with van der Waals surface area (Å²) in [6, 6.07) is 8.19. The van der Waals surface area contributed by atoms with Gasteiger partial charge in [-0.2, -0.15) is 0 Å². The molecule has 0 aliphatic rings. The highest BCUT2D eigenvalue weighted by atomic mass is 35.5. The van der Waals surface area contributed by atoms with Crippen LogP contribution in [0.15, 0.2) is 30.3 Å². The third kappa shape index (κ3) is 1.70. The van der Waals surface area contributed by atoms with Crippen molar-refractivity contribution in [2.24, 2.45) is 0 Å². The van der Waals surface area contributed by atoms with Crippen molar-refractivity contribution in [2.45, 2.75) is 0 Å². The molecule has 0 spiro atoms. The number of hydrogen-bond acceptors (Lipinski definition) is 3. The minimum atomic E-state index is -0.489. The van der Waals surface area contributed by atoms with E-state index in [0.717, 1.165) is 0 Å². The van der Waals surface area contributed by atoms with E-state index in [0.29, 0.717) is 21.4 Å². The smallest absolute Gasteiger partial charge is 0.338 e. The number of phenols is 1. The van der Waals surface area contributed by atoms with Crippen LogP contribution in [-0.4, -0.2) is 18.2 Å².